The number of hydrogen-bond donors (Lipinski definition) is 1. The van der Waals surface area contributed by atoms with E-state index in [1.54, 1.807) is 6.92 Å². The van der Waals surface area contributed by atoms with Crippen LogP contribution in [0.15, 0.2) is 23.1 Å². The monoisotopic (exact) mass is 286 g/mol. The summed E-state index contributed by atoms with van der Waals surface area (Å²) in [7, 11) is -4.14. The maximum atomic E-state index is 13.3. The lowest BCUT2D eigenvalue weighted by Gasteiger charge is -2.06. The van der Waals surface area contributed by atoms with E-state index in [2.05, 4.69) is 16.6 Å². The summed E-state index contributed by atoms with van der Waals surface area (Å²) in [6, 6.07) is 2.91. The molecule has 0 amide bonds. The summed E-state index contributed by atoms with van der Waals surface area (Å²) in [6.07, 6.45) is 0.263. The second-order valence-electron chi connectivity index (χ2n) is 3.42. The van der Waals surface area contributed by atoms with E-state index >= 15 is 0 Å². The summed E-state index contributed by atoms with van der Waals surface area (Å²) in [6.45, 7) is 1.60. The molecule has 8 heteroatoms. The van der Waals surface area contributed by atoms with Crippen LogP contribution in [-0.4, -0.2) is 19.9 Å². The highest BCUT2D eigenvalue weighted by Gasteiger charge is 2.28. The number of hydrogen-bond acceptors (Lipinski definition) is 4. The molecule has 0 spiro atoms. The maximum Gasteiger partial charge on any atom is 0.324 e. The van der Waals surface area contributed by atoms with Crippen LogP contribution in [0.1, 0.15) is 13.3 Å². The SMILES string of the molecule is CC#CCCNS(=O)(=O)c1cccc(F)c1[N+](=O)[O-]. The van der Waals surface area contributed by atoms with Crippen LogP contribution in [0.3, 0.4) is 0 Å². The summed E-state index contributed by atoms with van der Waals surface area (Å²) in [5.74, 6) is 4.02. The van der Waals surface area contributed by atoms with Gasteiger partial charge in [-0.2, -0.15) is 4.39 Å². The predicted molar refractivity (Wildman–Crippen MR) is 66.3 cm³/mol. The lowest BCUT2D eigenvalue weighted by atomic mass is 10.3. The molecule has 1 aromatic rings. The van der Waals surface area contributed by atoms with Gasteiger partial charge in [-0.15, -0.1) is 11.8 Å². The number of sulfonamides is 1. The highest BCUT2D eigenvalue weighted by atomic mass is 32.2. The van der Waals surface area contributed by atoms with Crippen LogP contribution in [-0.2, 0) is 10.0 Å². The van der Waals surface area contributed by atoms with Gasteiger partial charge in [0.05, 0.1) is 4.92 Å². The molecule has 102 valence electrons. The summed E-state index contributed by atoms with van der Waals surface area (Å²) >= 11 is 0. The van der Waals surface area contributed by atoms with Crippen molar-refractivity contribution in [3.8, 4) is 11.8 Å². The van der Waals surface area contributed by atoms with Crippen molar-refractivity contribution >= 4 is 15.7 Å². The van der Waals surface area contributed by atoms with Crippen LogP contribution in [0.5, 0.6) is 0 Å². The molecule has 0 aliphatic carbocycles. The molecule has 0 saturated heterocycles. The molecule has 0 aliphatic rings. The molecule has 0 saturated carbocycles. The van der Waals surface area contributed by atoms with Gasteiger partial charge in [0.2, 0.25) is 15.8 Å². The number of nitro groups is 1. The van der Waals surface area contributed by atoms with Gasteiger partial charge >= 0.3 is 5.69 Å². The van der Waals surface area contributed by atoms with E-state index in [1.807, 2.05) is 0 Å². The average molecular weight is 286 g/mol. The molecule has 0 heterocycles. The molecular weight excluding hydrogens is 275 g/mol. The largest absolute Gasteiger partial charge is 0.324 e. The molecule has 0 bridgehead atoms. The molecule has 19 heavy (non-hydrogen) atoms. The van der Waals surface area contributed by atoms with E-state index in [9.17, 15) is 22.9 Å². The Morgan fingerprint density at radius 1 is 1.47 bits per heavy atom. The number of rotatable bonds is 5. The molecule has 0 aliphatic heterocycles. The van der Waals surface area contributed by atoms with Crippen molar-refractivity contribution in [2.24, 2.45) is 0 Å². The van der Waals surface area contributed by atoms with Gasteiger partial charge in [-0.1, -0.05) is 6.07 Å². The summed E-state index contributed by atoms with van der Waals surface area (Å²) in [5, 5.41) is 10.7. The highest BCUT2D eigenvalue weighted by Crippen LogP contribution is 2.26. The van der Waals surface area contributed by atoms with E-state index in [1.165, 1.54) is 0 Å². The smallest absolute Gasteiger partial charge is 0.258 e. The van der Waals surface area contributed by atoms with Gasteiger partial charge < -0.3 is 0 Å². The van der Waals surface area contributed by atoms with Gasteiger partial charge in [0.1, 0.15) is 0 Å². The van der Waals surface area contributed by atoms with Gasteiger partial charge in [0.25, 0.3) is 0 Å². The van der Waals surface area contributed by atoms with E-state index < -0.39 is 31.3 Å². The van der Waals surface area contributed by atoms with Gasteiger partial charge in [0, 0.05) is 13.0 Å². The minimum Gasteiger partial charge on any atom is -0.258 e. The number of halogens is 1. The number of benzene rings is 1. The van der Waals surface area contributed by atoms with Crippen molar-refractivity contribution in [3.63, 3.8) is 0 Å². The van der Waals surface area contributed by atoms with Gasteiger partial charge in [-0.3, -0.25) is 10.1 Å². The highest BCUT2D eigenvalue weighted by molar-refractivity contribution is 7.89. The lowest BCUT2D eigenvalue weighted by molar-refractivity contribution is -0.390. The fourth-order valence-corrected chi connectivity index (χ4v) is 2.55. The zero-order valence-corrected chi connectivity index (χ0v) is 10.8. The molecule has 1 N–H and O–H groups in total. The van der Waals surface area contributed by atoms with Crippen molar-refractivity contribution in [1.82, 2.24) is 4.72 Å². The number of para-hydroxylation sites is 1. The predicted octanol–water partition coefficient (Wildman–Crippen LogP) is 1.43. The minimum atomic E-state index is -4.14. The Labute approximate surface area is 109 Å². The standard InChI is InChI=1S/C11H11FN2O4S/c1-2-3-4-8-13-19(17,18)10-7-5-6-9(12)11(10)14(15)16/h5-7,13H,4,8H2,1H3. The number of nitro benzene ring substituents is 1. The summed E-state index contributed by atoms with van der Waals surface area (Å²) in [5.41, 5.74) is -1.06. The molecular formula is C11H11FN2O4S. The fourth-order valence-electron chi connectivity index (χ4n) is 1.34. The van der Waals surface area contributed by atoms with E-state index in [0.29, 0.717) is 0 Å². The van der Waals surface area contributed by atoms with E-state index in [-0.39, 0.29) is 13.0 Å². The van der Waals surface area contributed by atoms with Gasteiger partial charge in [-0.05, 0) is 19.1 Å². The van der Waals surface area contributed by atoms with Crippen LogP contribution in [0.25, 0.3) is 0 Å². The molecule has 0 radical (unpaired) electrons. The van der Waals surface area contributed by atoms with Crippen LogP contribution in [0, 0.1) is 27.8 Å². The topological polar surface area (TPSA) is 89.3 Å². The molecule has 1 aromatic carbocycles. The average Bonchev–Trinajstić information content (AvgIpc) is 2.34. The third-order valence-electron chi connectivity index (χ3n) is 2.14. The first kappa shape index (κ1) is 15.1. The second-order valence-corrected chi connectivity index (χ2v) is 5.15. The quantitative estimate of drug-likeness (QED) is 0.384. The molecule has 0 atom stereocenters. The fraction of sp³-hybridized carbons (Fsp3) is 0.273. The molecule has 6 nitrogen and oxygen atoms in total. The summed E-state index contributed by atoms with van der Waals surface area (Å²) < 4.78 is 39.1. The Morgan fingerprint density at radius 3 is 2.74 bits per heavy atom. The molecule has 0 unspecified atom stereocenters. The second kappa shape index (κ2) is 6.26. The Kier molecular flexibility index (Phi) is 4.97. The first-order chi connectivity index (χ1) is 8.90. The number of nitrogens with zero attached hydrogens (tertiary/aromatic N) is 1. The van der Waals surface area contributed by atoms with Crippen molar-refractivity contribution < 1.29 is 17.7 Å². The maximum absolute atomic E-state index is 13.3. The molecule has 0 aromatic heterocycles. The lowest BCUT2D eigenvalue weighted by Crippen LogP contribution is -2.25. The Balaban J connectivity index is 3.10. The van der Waals surface area contributed by atoms with Crippen molar-refractivity contribution in [1.29, 1.82) is 0 Å². The first-order valence-electron chi connectivity index (χ1n) is 5.22. The van der Waals surface area contributed by atoms with Crippen LogP contribution in [0.2, 0.25) is 0 Å². The van der Waals surface area contributed by atoms with E-state index in [4.69, 9.17) is 0 Å². The molecule has 1 rings (SSSR count). The van der Waals surface area contributed by atoms with Crippen molar-refractivity contribution in [2.75, 3.05) is 6.54 Å². The first-order valence-corrected chi connectivity index (χ1v) is 6.70. The third kappa shape index (κ3) is 3.74. The zero-order chi connectivity index (χ0) is 14.5. The van der Waals surface area contributed by atoms with Crippen molar-refractivity contribution in [3.05, 3.63) is 34.1 Å². The van der Waals surface area contributed by atoms with Crippen molar-refractivity contribution in [2.45, 2.75) is 18.2 Å². The van der Waals surface area contributed by atoms with Crippen LogP contribution >= 0.6 is 0 Å². The minimum absolute atomic E-state index is 0.00313. The normalized spacial score (nSPS) is 10.6. The van der Waals surface area contributed by atoms with Gasteiger partial charge in [-0.25, -0.2) is 13.1 Å². The molecule has 0 fully saturated rings. The van der Waals surface area contributed by atoms with E-state index in [0.717, 1.165) is 18.2 Å². The zero-order valence-electron chi connectivity index (χ0n) is 10.0. The third-order valence-corrected chi connectivity index (χ3v) is 3.63. The summed E-state index contributed by atoms with van der Waals surface area (Å²) in [4.78, 5) is 8.96. The number of nitrogens with one attached hydrogen (secondary N) is 1. The Morgan fingerprint density at radius 2 is 2.16 bits per heavy atom. The van der Waals surface area contributed by atoms with Crippen LogP contribution in [0.4, 0.5) is 10.1 Å². The Bertz CT molecular complexity index is 646. The van der Waals surface area contributed by atoms with Crippen LogP contribution < -0.4 is 4.72 Å². The Hall–Kier alpha value is -1.98. The van der Waals surface area contributed by atoms with Gasteiger partial charge in [0.15, 0.2) is 4.90 Å².